The normalized spacial score (nSPS) is 19.8. The summed E-state index contributed by atoms with van der Waals surface area (Å²) < 4.78 is 5.52. The van der Waals surface area contributed by atoms with Gasteiger partial charge in [-0.05, 0) is 31.3 Å². The number of carbonyl (C=O) groups is 1. The molecule has 2 fully saturated rings. The zero-order chi connectivity index (χ0) is 22.1. The number of anilines is 2. The zero-order valence-corrected chi connectivity index (χ0v) is 19.2. The fraction of sp³-hybridized carbons (Fsp3) is 0.522. The Morgan fingerprint density at radius 1 is 0.938 bits per heavy atom. The fourth-order valence-corrected chi connectivity index (χ4v) is 4.64. The Kier molecular flexibility index (Phi) is 6.17. The minimum Gasteiger partial charge on any atom is -0.378 e. The number of morpholine rings is 1. The van der Waals surface area contributed by atoms with E-state index in [-0.39, 0.29) is 5.91 Å². The quantitative estimate of drug-likeness (QED) is 0.699. The van der Waals surface area contributed by atoms with Gasteiger partial charge < -0.3 is 24.3 Å². The van der Waals surface area contributed by atoms with Crippen LogP contribution in [-0.4, -0.2) is 91.7 Å². The molecule has 8 nitrogen and oxygen atoms in total. The molecule has 2 saturated heterocycles. The third-order valence-corrected chi connectivity index (χ3v) is 6.75. The van der Waals surface area contributed by atoms with Crippen molar-refractivity contribution in [3.8, 4) is 0 Å². The lowest BCUT2D eigenvalue weighted by atomic mass is 10.0. The summed E-state index contributed by atoms with van der Waals surface area (Å²) in [5.41, 5.74) is 2.81. The number of fused-ring (bicyclic) bond motifs is 1. The van der Waals surface area contributed by atoms with Gasteiger partial charge in [-0.1, -0.05) is 11.6 Å². The Labute approximate surface area is 193 Å². The first-order chi connectivity index (χ1) is 15.6. The van der Waals surface area contributed by atoms with Crippen LogP contribution in [0.25, 0.3) is 0 Å². The highest BCUT2D eigenvalue weighted by atomic mass is 35.5. The van der Waals surface area contributed by atoms with Crippen LogP contribution in [-0.2, 0) is 17.7 Å². The molecular formula is C23H29ClN6O2. The number of carbonyl (C=O) groups excluding carboxylic acids is 1. The second kappa shape index (κ2) is 9.21. The summed E-state index contributed by atoms with van der Waals surface area (Å²) in [6, 6.07) is 7.11. The van der Waals surface area contributed by atoms with Gasteiger partial charge in [0.2, 0.25) is 5.95 Å². The summed E-state index contributed by atoms with van der Waals surface area (Å²) in [5, 5.41) is 0.631. The summed E-state index contributed by atoms with van der Waals surface area (Å²) in [6.45, 7) is 8.04. The highest BCUT2D eigenvalue weighted by molar-refractivity contribution is 6.30. The van der Waals surface area contributed by atoms with E-state index in [1.807, 2.05) is 4.90 Å². The standard InChI is InChI=1S/C23H29ClN6O2/c1-27-8-10-28(11-9-27)21-19-16-30(22(31)17-2-4-18(24)5-3-17)7-6-20(19)25-23(26-21)29-12-14-32-15-13-29/h2-5H,6-16H2,1H3. The summed E-state index contributed by atoms with van der Waals surface area (Å²) >= 11 is 6.00. The number of halogens is 1. The van der Waals surface area contributed by atoms with Crippen molar-refractivity contribution in [1.29, 1.82) is 0 Å². The Morgan fingerprint density at radius 2 is 1.66 bits per heavy atom. The van der Waals surface area contributed by atoms with Crippen LogP contribution in [0, 0.1) is 0 Å². The highest BCUT2D eigenvalue weighted by Crippen LogP contribution is 2.30. The van der Waals surface area contributed by atoms with Gasteiger partial charge in [0, 0.05) is 68.4 Å². The van der Waals surface area contributed by atoms with Crippen LogP contribution in [0.2, 0.25) is 5.02 Å². The molecule has 0 atom stereocenters. The molecule has 170 valence electrons. The van der Waals surface area contributed by atoms with Gasteiger partial charge in [0.1, 0.15) is 5.82 Å². The van der Waals surface area contributed by atoms with Crippen LogP contribution >= 0.6 is 11.6 Å². The first kappa shape index (κ1) is 21.4. The molecule has 0 aliphatic carbocycles. The predicted molar refractivity (Wildman–Crippen MR) is 125 cm³/mol. The second-order valence-electron chi connectivity index (χ2n) is 8.65. The van der Waals surface area contributed by atoms with Crippen molar-refractivity contribution in [2.75, 3.05) is 75.9 Å². The van der Waals surface area contributed by atoms with Gasteiger partial charge in [0.15, 0.2) is 0 Å². The number of likely N-dealkylation sites (N-methyl/N-ethyl adjacent to an activating group) is 1. The maximum atomic E-state index is 13.2. The molecule has 0 saturated carbocycles. The number of aromatic nitrogens is 2. The zero-order valence-electron chi connectivity index (χ0n) is 18.5. The van der Waals surface area contributed by atoms with E-state index in [0.29, 0.717) is 36.9 Å². The van der Waals surface area contributed by atoms with Gasteiger partial charge in [-0.25, -0.2) is 4.98 Å². The van der Waals surface area contributed by atoms with Crippen molar-refractivity contribution >= 4 is 29.3 Å². The van der Waals surface area contributed by atoms with E-state index in [9.17, 15) is 4.79 Å². The van der Waals surface area contributed by atoms with E-state index in [4.69, 9.17) is 26.3 Å². The topological polar surface area (TPSA) is 65.0 Å². The van der Waals surface area contributed by atoms with Crippen LogP contribution in [0.15, 0.2) is 24.3 Å². The molecule has 3 aliphatic heterocycles. The molecule has 0 radical (unpaired) electrons. The SMILES string of the molecule is CN1CCN(c2nc(N3CCOCC3)nc3c2CN(C(=O)c2ccc(Cl)cc2)CC3)CC1. The molecule has 1 aromatic carbocycles. The molecule has 0 bridgehead atoms. The van der Waals surface area contributed by atoms with E-state index in [2.05, 4.69) is 21.7 Å². The lowest BCUT2D eigenvalue weighted by Gasteiger charge is -2.38. The molecule has 0 spiro atoms. The van der Waals surface area contributed by atoms with Crippen LogP contribution in [0.4, 0.5) is 11.8 Å². The number of hydrogen-bond acceptors (Lipinski definition) is 7. The van der Waals surface area contributed by atoms with E-state index in [1.165, 1.54) is 0 Å². The Morgan fingerprint density at radius 3 is 2.38 bits per heavy atom. The molecule has 4 heterocycles. The van der Waals surface area contributed by atoms with Crippen molar-refractivity contribution in [2.24, 2.45) is 0 Å². The molecular weight excluding hydrogens is 428 g/mol. The Balaban J connectivity index is 1.46. The van der Waals surface area contributed by atoms with Crippen molar-refractivity contribution in [1.82, 2.24) is 19.8 Å². The van der Waals surface area contributed by atoms with Crippen LogP contribution in [0.3, 0.4) is 0 Å². The molecule has 1 amide bonds. The smallest absolute Gasteiger partial charge is 0.254 e. The molecule has 0 unspecified atom stereocenters. The number of piperazine rings is 1. The minimum atomic E-state index is 0.0221. The minimum absolute atomic E-state index is 0.0221. The van der Waals surface area contributed by atoms with Gasteiger partial charge in [-0.3, -0.25) is 4.79 Å². The lowest BCUT2D eigenvalue weighted by molar-refractivity contribution is 0.0733. The van der Waals surface area contributed by atoms with Crippen molar-refractivity contribution < 1.29 is 9.53 Å². The summed E-state index contributed by atoms with van der Waals surface area (Å²) in [4.78, 5) is 32.0. The number of amides is 1. The molecule has 9 heteroatoms. The molecule has 1 aromatic heterocycles. The first-order valence-electron chi connectivity index (χ1n) is 11.3. The average Bonchev–Trinajstić information content (AvgIpc) is 2.84. The number of rotatable bonds is 3. The largest absolute Gasteiger partial charge is 0.378 e. The molecule has 2 aromatic rings. The van der Waals surface area contributed by atoms with E-state index >= 15 is 0 Å². The average molecular weight is 457 g/mol. The van der Waals surface area contributed by atoms with Crippen LogP contribution < -0.4 is 9.80 Å². The maximum Gasteiger partial charge on any atom is 0.254 e. The van der Waals surface area contributed by atoms with Gasteiger partial charge >= 0.3 is 0 Å². The fourth-order valence-electron chi connectivity index (χ4n) is 4.52. The van der Waals surface area contributed by atoms with Crippen molar-refractivity contribution in [2.45, 2.75) is 13.0 Å². The third kappa shape index (κ3) is 4.40. The second-order valence-corrected chi connectivity index (χ2v) is 9.08. The molecule has 0 N–H and O–H groups in total. The molecule has 32 heavy (non-hydrogen) atoms. The molecule has 5 rings (SSSR count). The number of benzene rings is 1. The first-order valence-corrected chi connectivity index (χ1v) is 11.7. The van der Waals surface area contributed by atoms with E-state index in [1.54, 1.807) is 24.3 Å². The lowest BCUT2D eigenvalue weighted by Crippen LogP contribution is -2.46. The summed E-state index contributed by atoms with van der Waals surface area (Å²) in [7, 11) is 2.15. The van der Waals surface area contributed by atoms with Crippen molar-refractivity contribution in [3.63, 3.8) is 0 Å². The Bertz CT molecular complexity index is 971. The van der Waals surface area contributed by atoms with Crippen molar-refractivity contribution in [3.05, 3.63) is 46.1 Å². The highest BCUT2D eigenvalue weighted by Gasteiger charge is 2.30. The third-order valence-electron chi connectivity index (χ3n) is 6.50. The number of ether oxygens (including phenoxy) is 1. The Hall–Kier alpha value is -2.42. The predicted octanol–water partition coefficient (Wildman–Crippen LogP) is 1.92. The molecule has 3 aliphatic rings. The van der Waals surface area contributed by atoms with Crippen LogP contribution in [0.5, 0.6) is 0 Å². The number of hydrogen-bond donors (Lipinski definition) is 0. The van der Waals surface area contributed by atoms with Gasteiger partial charge in [-0.2, -0.15) is 4.98 Å². The van der Waals surface area contributed by atoms with Gasteiger partial charge in [-0.15, -0.1) is 0 Å². The number of nitrogens with zero attached hydrogens (tertiary/aromatic N) is 6. The maximum absolute atomic E-state index is 13.2. The summed E-state index contributed by atoms with van der Waals surface area (Å²) in [5.74, 6) is 1.80. The van der Waals surface area contributed by atoms with Gasteiger partial charge in [0.25, 0.3) is 5.91 Å². The van der Waals surface area contributed by atoms with Gasteiger partial charge in [0.05, 0.1) is 25.5 Å². The van der Waals surface area contributed by atoms with E-state index in [0.717, 1.165) is 68.7 Å². The summed E-state index contributed by atoms with van der Waals surface area (Å²) in [6.07, 6.45) is 0.731. The van der Waals surface area contributed by atoms with E-state index < -0.39 is 0 Å². The monoisotopic (exact) mass is 456 g/mol. The van der Waals surface area contributed by atoms with Crippen LogP contribution in [0.1, 0.15) is 21.6 Å².